The molecule has 0 saturated carbocycles. The second kappa shape index (κ2) is 8.71. The quantitative estimate of drug-likeness (QED) is 0.404. The first kappa shape index (κ1) is 22.0. The third-order valence-corrected chi connectivity index (χ3v) is 6.29. The van der Waals surface area contributed by atoms with Gasteiger partial charge in [0.1, 0.15) is 17.5 Å². The minimum Gasteiger partial charge on any atom is -0.327 e. The maximum absolute atomic E-state index is 13.2. The zero-order chi connectivity index (χ0) is 23.0. The Labute approximate surface area is 193 Å². The average molecular weight is 491 g/mol. The van der Waals surface area contributed by atoms with Gasteiger partial charge in [-0.3, -0.25) is 14.2 Å². The van der Waals surface area contributed by atoms with E-state index in [4.69, 9.17) is 0 Å². The summed E-state index contributed by atoms with van der Waals surface area (Å²) in [5, 5.41) is 11.0. The Morgan fingerprint density at radius 1 is 1.06 bits per heavy atom. The van der Waals surface area contributed by atoms with Crippen molar-refractivity contribution in [1.82, 2.24) is 14.1 Å². The van der Waals surface area contributed by atoms with Gasteiger partial charge in [0.25, 0.3) is 11.1 Å². The van der Waals surface area contributed by atoms with E-state index >= 15 is 0 Å². The number of aromatic nitrogens is 3. The van der Waals surface area contributed by atoms with E-state index < -0.39 is 0 Å². The Hall–Kier alpha value is -3.24. The molecule has 0 fully saturated rings. The summed E-state index contributed by atoms with van der Waals surface area (Å²) in [6, 6.07) is 15.2. The van der Waals surface area contributed by atoms with Gasteiger partial charge in [-0.1, -0.05) is 48.0 Å². The Kier molecular flexibility index (Phi) is 5.98. The van der Waals surface area contributed by atoms with Crippen molar-refractivity contribution in [3.05, 3.63) is 84.6 Å². The normalized spacial score (nSPS) is 11.4. The molecule has 0 radical (unpaired) electrons. The lowest BCUT2D eigenvalue weighted by Gasteiger charge is -2.19. The van der Waals surface area contributed by atoms with Crippen molar-refractivity contribution in [1.29, 1.82) is 5.26 Å². The third-order valence-electron chi connectivity index (χ3n) is 5.80. The van der Waals surface area contributed by atoms with Gasteiger partial charge in [0.2, 0.25) is 0 Å². The van der Waals surface area contributed by atoms with Crippen LogP contribution in [0.25, 0.3) is 21.8 Å². The number of hydrogen-bond acceptors (Lipinski definition) is 4. The average Bonchev–Trinajstić information content (AvgIpc) is 2.77. The Morgan fingerprint density at radius 2 is 1.78 bits per heavy atom. The molecule has 0 N–H and O–H groups in total. The van der Waals surface area contributed by atoms with Gasteiger partial charge in [-0.25, -0.2) is 0 Å². The lowest BCUT2D eigenvalue weighted by Crippen LogP contribution is -2.29. The molecule has 0 aliphatic heterocycles. The summed E-state index contributed by atoms with van der Waals surface area (Å²) in [4.78, 5) is 30.5. The standard InChI is InChI=1S/C25H23BrN4O2/c1-15(2)10-11-29-22-9-8-17(26)12-19(22)24(31)28-23(29)14-30-21-7-5-4-6-18(21)16(3)20(13-27)25(30)32/h4-9,12,15H,10-11,14H2,1-3H3. The maximum atomic E-state index is 13.2. The number of nitriles is 1. The second-order valence-corrected chi connectivity index (χ2v) is 9.26. The van der Waals surface area contributed by atoms with E-state index in [1.165, 1.54) is 0 Å². The van der Waals surface area contributed by atoms with Crippen LogP contribution in [0.2, 0.25) is 0 Å². The number of hydrogen-bond donors (Lipinski definition) is 0. The van der Waals surface area contributed by atoms with Crippen molar-refractivity contribution in [3.8, 4) is 6.07 Å². The molecule has 0 amide bonds. The number of para-hydroxylation sites is 1. The van der Waals surface area contributed by atoms with Crippen molar-refractivity contribution >= 4 is 37.7 Å². The molecule has 4 rings (SSSR count). The van der Waals surface area contributed by atoms with Gasteiger partial charge in [-0.05, 0) is 49.1 Å². The summed E-state index contributed by atoms with van der Waals surface area (Å²) in [6.45, 7) is 6.85. The van der Waals surface area contributed by atoms with Gasteiger partial charge < -0.3 is 4.57 Å². The molecule has 4 aromatic rings. The number of nitrogens with zero attached hydrogens (tertiary/aromatic N) is 4. The number of fused-ring (bicyclic) bond motifs is 2. The summed E-state index contributed by atoms with van der Waals surface area (Å²) in [6.07, 6.45) is 0.899. The third kappa shape index (κ3) is 3.87. The Balaban J connectivity index is 2.00. The van der Waals surface area contributed by atoms with Crippen LogP contribution in [0.1, 0.15) is 37.2 Å². The molecule has 0 saturated heterocycles. The van der Waals surface area contributed by atoms with Crippen LogP contribution in [0.3, 0.4) is 0 Å². The minimum absolute atomic E-state index is 0.105. The highest BCUT2D eigenvalue weighted by molar-refractivity contribution is 9.10. The topological polar surface area (TPSA) is 80.7 Å². The van der Waals surface area contributed by atoms with Crippen molar-refractivity contribution in [2.24, 2.45) is 5.92 Å². The van der Waals surface area contributed by atoms with Crippen LogP contribution >= 0.6 is 15.9 Å². The maximum Gasteiger partial charge on any atom is 0.280 e. The van der Waals surface area contributed by atoms with E-state index in [0.717, 1.165) is 27.3 Å². The predicted octanol–water partition coefficient (Wildman–Crippen LogP) is 4.75. The fourth-order valence-corrected chi connectivity index (χ4v) is 4.41. The molecule has 0 atom stereocenters. The molecule has 2 aromatic heterocycles. The smallest absolute Gasteiger partial charge is 0.280 e. The highest BCUT2D eigenvalue weighted by Gasteiger charge is 2.17. The van der Waals surface area contributed by atoms with Crippen LogP contribution in [-0.4, -0.2) is 14.1 Å². The van der Waals surface area contributed by atoms with Gasteiger partial charge in [0.05, 0.1) is 23.0 Å². The summed E-state index contributed by atoms with van der Waals surface area (Å²) in [5.74, 6) is 0.964. The highest BCUT2D eigenvalue weighted by Crippen LogP contribution is 2.22. The van der Waals surface area contributed by atoms with E-state index in [9.17, 15) is 14.9 Å². The monoisotopic (exact) mass is 490 g/mol. The van der Waals surface area contributed by atoms with Gasteiger partial charge >= 0.3 is 0 Å². The number of halogens is 1. The fourth-order valence-electron chi connectivity index (χ4n) is 4.04. The number of rotatable bonds is 5. The molecule has 0 aliphatic rings. The molecule has 7 heteroatoms. The van der Waals surface area contributed by atoms with Crippen LogP contribution in [0.5, 0.6) is 0 Å². The Morgan fingerprint density at radius 3 is 2.50 bits per heavy atom. The highest BCUT2D eigenvalue weighted by atomic mass is 79.9. The van der Waals surface area contributed by atoms with Crippen molar-refractivity contribution in [2.75, 3.05) is 0 Å². The lowest BCUT2D eigenvalue weighted by molar-refractivity contribution is 0.502. The van der Waals surface area contributed by atoms with Crippen molar-refractivity contribution in [3.63, 3.8) is 0 Å². The first-order valence-electron chi connectivity index (χ1n) is 10.5. The van der Waals surface area contributed by atoms with Gasteiger partial charge in [0, 0.05) is 16.4 Å². The van der Waals surface area contributed by atoms with E-state index in [2.05, 4.69) is 40.8 Å². The van der Waals surface area contributed by atoms with Crippen LogP contribution < -0.4 is 11.1 Å². The molecule has 0 spiro atoms. The van der Waals surface area contributed by atoms with Crippen LogP contribution in [0.4, 0.5) is 0 Å². The summed E-state index contributed by atoms with van der Waals surface area (Å²) in [5.41, 5.74) is 1.58. The zero-order valence-corrected chi connectivity index (χ0v) is 19.8. The lowest BCUT2D eigenvalue weighted by atomic mass is 10.0. The van der Waals surface area contributed by atoms with E-state index in [-0.39, 0.29) is 23.2 Å². The van der Waals surface area contributed by atoms with E-state index in [1.807, 2.05) is 41.0 Å². The summed E-state index contributed by atoms with van der Waals surface area (Å²) >= 11 is 3.43. The SMILES string of the molecule is Cc1c(C#N)c(=O)n(Cc2nc(=O)c3cc(Br)ccc3n2CCC(C)C)c2ccccc12. The molecule has 2 aromatic carbocycles. The molecular formula is C25H23BrN4O2. The fraction of sp³-hybridized carbons (Fsp3) is 0.280. The number of benzene rings is 2. The molecule has 0 unspecified atom stereocenters. The first-order chi connectivity index (χ1) is 15.3. The number of aryl methyl sites for hydroxylation is 2. The van der Waals surface area contributed by atoms with Crippen molar-refractivity contribution < 1.29 is 0 Å². The molecule has 32 heavy (non-hydrogen) atoms. The first-order valence-corrected chi connectivity index (χ1v) is 11.3. The van der Waals surface area contributed by atoms with Gasteiger partial charge in [0.15, 0.2) is 0 Å². The second-order valence-electron chi connectivity index (χ2n) is 8.35. The van der Waals surface area contributed by atoms with Crippen LogP contribution in [0.15, 0.2) is 56.5 Å². The van der Waals surface area contributed by atoms with Crippen LogP contribution in [0, 0.1) is 24.2 Å². The summed E-state index contributed by atoms with van der Waals surface area (Å²) in [7, 11) is 0. The minimum atomic E-state index is -0.371. The van der Waals surface area contributed by atoms with E-state index in [0.29, 0.717) is 29.2 Å². The molecule has 162 valence electrons. The molecular weight excluding hydrogens is 468 g/mol. The zero-order valence-electron chi connectivity index (χ0n) is 18.2. The van der Waals surface area contributed by atoms with Crippen LogP contribution in [-0.2, 0) is 13.1 Å². The molecule has 6 nitrogen and oxygen atoms in total. The van der Waals surface area contributed by atoms with Gasteiger partial charge in [-0.15, -0.1) is 0 Å². The predicted molar refractivity (Wildman–Crippen MR) is 130 cm³/mol. The number of pyridine rings is 1. The summed E-state index contributed by atoms with van der Waals surface area (Å²) < 4.78 is 4.39. The van der Waals surface area contributed by atoms with E-state index in [1.54, 1.807) is 17.6 Å². The molecule has 0 bridgehead atoms. The van der Waals surface area contributed by atoms with Gasteiger partial charge in [-0.2, -0.15) is 10.2 Å². The Bertz CT molecular complexity index is 1510. The molecule has 2 heterocycles. The van der Waals surface area contributed by atoms with Crippen molar-refractivity contribution in [2.45, 2.75) is 40.3 Å². The largest absolute Gasteiger partial charge is 0.327 e. The molecule has 0 aliphatic carbocycles.